The second kappa shape index (κ2) is 6.57. The van der Waals surface area contributed by atoms with E-state index in [4.69, 9.17) is 16.9 Å². The fraction of sp³-hybridized carbons (Fsp3) is 0.0714. The third kappa shape index (κ3) is 3.51. The summed E-state index contributed by atoms with van der Waals surface area (Å²) in [6.07, 6.45) is 1.40. The Kier molecular flexibility index (Phi) is 4.78. The Morgan fingerprint density at radius 1 is 1.43 bits per heavy atom. The first-order valence-corrected chi connectivity index (χ1v) is 7.06. The van der Waals surface area contributed by atoms with Gasteiger partial charge >= 0.3 is 0 Å². The van der Waals surface area contributed by atoms with Crippen molar-refractivity contribution in [3.8, 4) is 6.07 Å². The lowest BCUT2D eigenvalue weighted by Crippen LogP contribution is -2.14. The van der Waals surface area contributed by atoms with Gasteiger partial charge in [-0.25, -0.2) is 4.98 Å². The Hall–Kier alpha value is -2.10. The van der Waals surface area contributed by atoms with Gasteiger partial charge in [0.05, 0.1) is 21.8 Å². The summed E-state index contributed by atoms with van der Waals surface area (Å²) in [5, 5.41) is 14.8. The molecule has 1 aromatic carbocycles. The molecule has 1 amide bonds. The van der Waals surface area contributed by atoms with Crippen LogP contribution in [0.2, 0.25) is 5.02 Å². The number of nitrogens with one attached hydrogen (secondary N) is 2. The first-order chi connectivity index (χ1) is 10.0. The average molecular weight is 366 g/mol. The molecule has 5 nitrogen and oxygen atoms in total. The second-order valence-electron chi connectivity index (χ2n) is 4.06. The maximum absolute atomic E-state index is 12.3. The molecule has 0 fully saturated rings. The van der Waals surface area contributed by atoms with Crippen LogP contribution in [0, 0.1) is 11.3 Å². The molecule has 2 N–H and O–H groups in total. The van der Waals surface area contributed by atoms with E-state index < -0.39 is 5.91 Å². The molecule has 106 valence electrons. The van der Waals surface area contributed by atoms with E-state index in [1.807, 2.05) is 6.07 Å². The number of hydrogen-bond acceptors (Lipinski definition) is 4. The molecule has 0 bridgehead atoms. The van der Waals surface area contributed by atoms with Gasteiger partial charge in [-0.2, -0.15) is 5.26 Å². The highest BCUT2D eigenvalue weighted by atomic mass is 79.9. The summed E-state index contributed by atoms with van der Waals surface area (Å²) in [5.74, 6) is 0.124. The quantitative estimate of drug-likeness (QED) is 0.870. The van der Waals surface area contributed by atoms with Gasteiger partial charge < -0.3 is 10.6 Å². The molecule has 0 atom stereocenters. The highest BCUT2D eigenvalue weighted by Crippen LogP contribution is 2.23. The summed E-state index contributed by atoms with van der Waals surface area (Å²) in [4.78, 5) is 16.3. The van der Waals surface area contributed by atoms with Crippen LogP contribution in [0.1, 0.15) is 15.9 Å². The predicted octanol–water partition coefficient (Wildman–Crippen LogP) is 3.66. The molecule has 0 aliphatic carbocycles. The lowest BCUT2D eigenvalue weighted by Gasteiger charge is -2.09. The molecule has 7 heteroatoms. The van der Waals surface area contributed by atoms with Gasteiger partial charge in [0.25, 0.3) is 5.91 Å². The molecule has 1 aromatic heterocycles. The van der Waals surface area contributed by atoms with Gasteiger partial charge in [-0.15, -0.1) is 0 Å². The third-order valence-electron chi connectivity index (χ3n) is 2.71. The zero-order valence-electron chi connectivity index (χ0n) is 10.9. The molecule has 21 heavy (non-hydrogen) atoms. The zero-order chi connectivity index (χ0) is 15.4. The molecule has 0 unspecified atom stereocenters. The fourth-order valence-corrected chi connectivity index (χ4v) is 2.21. The van der Waals surface area contributed by atoms with E-state index in [-0.39, 0.29) is 10.6 Å². The Morgan fingerprint density at radius 3 is 2.86 bits per heavy atom. The molecular formula is C14H10BrClN4O. The maximum Gasteiger partial charge on any atom is 0.257 e. The maximum atomic E-state index is 12.3. The van der Waals surface area contributed by atoms with Crippen LogP contribution in [-0.4, -0.2) is 17.9 Å². The fourth-order valence-electron chi connectivity index (χ4n) is 1.66. The lowest BCUT2D eigenvalue weighted by molar-refractivity contribution is 0.102. The predicted molar refractivity (Wildman–Crippen MR) is 85.6 cm³/mol. The molecule has 1 heterocycles. The molecule has 0 spiro atoms. The summed E-state index contributed by atoms with van der Waals surface area (Å²) in [6.45, 7) is 0. The third-order valence-corrected chi connectivity index (χ3v) is 3.50. The van der Waals surface area contributed by atoms with Crippen LogP contribution < -0.4 is 10.6 Å². The Labute approximate surface area is 135 Å². The molecule has 0 aliphatic rings. The van der Waals surface area contributed by atoms with Crippen LogP contribution in [0.25, 0.3) is 0 Å². The number of carbonyl (C=O) groups is 1. The Balaban J connectivity index is 2.33. The summed E-state index contributed by atoms with van der Waals surface area (Å²) in [6, 6.07) is 8.59. The monoisotopic (exact) mass is 364 g/mol. The van der Waals surface area contributed by atoms with Gasteiger partial charge in [-0.1, -0.05) is 27.5 Å². The summed E-state index contributed by atoms with van der Waals surface area (Å²) >= 11 is 9.27. The molecule has 0 aliphatic heterocycles. The normalized spacial score (nSPS) is 9.81. The van der Waals surface area contributed by atoms with Crippen molar-refractivity contribution in [2.45, 2.75) is 0 Å². The number of benzene rings is 1. The number of halogens is 2. The zero-order valence-corrected chi connectivity index (χ0v) is 13.3. The standard InChI is InChI=1S/C14H10BrClN4O/c1-18-13-5-10(11(16)7-19-13)14(21)20-12-3-2-9(15)4-8(12)6-17/h2-5,7H,1H3,(H,18,19)(H,20,21). The van der Waals surface area contributed by atoms with Crippen molar-refractivity contribution in [1.29, 1.82) is 5.26 Å². The smallest absolute Gasteiger partial charge is 0.257 e. The Morgan fingerprint density at radius 2 is 2.19 bits per heavy atom. The number of hydrogen-bond donors (Lipinski definition) is 2. The Bertz CT molecular complexity index is 742. The topological polar surface area (TPSA) is 77.8 Å². The second-order valence-corrected chi connectivity index (χ2v) is 5.38. The van der Waals surface area contributed by atoms with Crippen LogP contribution in [0.15, 0.2) is 34.9 Å². The molecular weight excluding hydrogens is 356 g/mol. The van der Waals surface area contributed by atoms with Gasteiger partial charge in [-0.3, -0.25) is 4.79 Å². The SMILES string of the molecule is CNc1cc(C(=O)Nc2ccc(Br)cc2C#N)c(Cl)cn1. The van der Waals surface area contributed by atoms with E-state index in [0.29, 0.717) is 17.1 Å². The van der Waals surface area contributed by atoms with E-state index >= 15 is 0 Å². The number of rotatable bonds is 3. The van der Waals surface area contributed by atoms with Gasteiger partial charge in [0.1, 0.15) is 11.9 Å². The molecule has 2 aromatic rings. The first-order valence-electron chi connectivity index (χ1n) is 5.89. The first kappa shape index (κ1) is 15.3. The highest BCUT2D eigenvalue weighted by molar-refractivity contribution is 9.10. The van der Waals surface area contributed by atoms with Gasteiger partial charge in [0, 0.05) is 17.7 Å². The van der Waals surface area contributed by atoms with Gasteiger partial charge in [-0.05, 0) is 24.3 Å². The van der Waals surface area contributed by atoms with Crippen LogP contribution in [0.3, 0.4) is 0 Å². The lowest BCUT2D eigenvalue weighted by atomic mass is 10.1. The van der Waals surface area contributed by atoms with E-state index in [2.05, 4.69) is 31.5 Å². The average Bonchev–Trinajstić information content (AvgIpc) is 2.49. The van der Waals surface area contributed by atoms with Crippen LogP contribution >= 0.6 is 27.5 Å². The minimum Gasteiger partial charge on any atom is -0.373 e. The van der Waals surface area contributed by atoms with Crippen LogP contribution in [-0.2, 0) is 0 Å². The molecule has 0 radical (unpaired) electrons. The minimum absolute atomic E-state index is 0.238. The number of aromatic nitrogens is 1. The van der Waals surface area contributed by atoms with Crippen LogP contribution in [0.4, 0.5) is 11.5 Å². The van der Waals surface area contributed by atoms with E-state index in [0.717, 1.165) is 4.47 Å². The van der Waals surface area contributed by atoms with Crippen LogP contribution in [0.5, 0.6) is 0 Å². The van der Waals surface area contributed by atoms with Crippen molar-refractivity contribution < 1.29 is 4.79 Å². The van der Waals surface area contributed by atoms with Crippen molar-refractivity contribution in [3.63, 3.8) is 0 Å². The van der Waals surface area contributed by atoms with Gasteiger partial charge in [0.2, 0.25) is 0 Å². The van der Waals surface area contributed by atoms with Gasteiger partial charge in [0.15, 0.2) is 0 Å². The molecule has 0 saturated heterocycles. The van der Waals surface area contributed by atoms with Crippen molar-refractivity contribution in [2.24, 2.45) is 0 Å². The number of anilines is 2. The largest absolute Gasteiger partial charge is 0.373 e. The van der Waals surface area contributed by atoms with E-state index in [1.54, 1.807) is 31.3 Å². The van der Waals surface area contributed by atoms with Crippen molar-refractivity contribution in [1.82, 2.24) is 4.98 Å². The highest BCUT2D eigenvalue weighted by Gasteiger charge is 2.14. The van der Waals surface area contributed by atoms with Crippen molar-refractivity contribution in [3.05, 3.63) is 51.1 Å². The number of nitriles is 1. The summed E-state index contributed by atoms with van der Waals surface area (Å²) in [5.41, 5.74) is 1.06. The molecule has 2 rings (SSSR count). The van der Waals surface area contributed by atoms with E-state index in [1.165, 1.54) is 6.20 Å². The van der Waals surface area contributed by atoms with E-state index in [9.17, 15) is 4.79 Å². The summed E-state index contributed by atoms with van der Waals surface area (Å²) in [7, 11) is 1.69. The number of carbonyl (C=O) groups excluding carboxylic acids is 1. The summed E-state index contributed by atoms with van der Waals surface area (Å²) < 4.78 is 0.761. The molecule has 0 saturated carbocycles. The number of pyridine rings is 1. The number of nitrogens with zero attached hydrogens (tertiary/aromatic N) is 2. The van der Waals surface area contributed by atoms with Crippen molar-refractivity contribution >= 4 is 44.9 Å². The number of amides is 1. The minimum atomic E-state index is -0.405. The van der Waals surface area contributed by atoms with Crippen molar-refractivity contribution in [2.75, 3.05) is 17.7 Å².